The number of aromatic nitrogens is 3. The van der Waals surface area contributed by atoms with Gasteiger partial charge in [-0.1, -0.05) is 5.16 Å². The monoisotopic (exact) mass is 359 g/mol. The highest BCUT2D eigenvalue weighted by Gasteiger charge is 2.38. The number of rotatable bonds is 6. The van der Waals surface area contributed by atoms with Gasteiger partial charge in [-0.15, -0.1) is 12.4 Å². The van der Waals surface area contributed by atoms with Crippen LogP contribution in [-0.4, -0.2) is 30.1 Å². The number of hydrogen-bond donors (Lipinski definition) is 2. The van der Waals surface area contributed by atoms with E-state index in [2.05, 4.69) is 19.8 Å². The minimum absolute atomic E-state index is 0. The van der Waals surface area contributed by atoms with Gasteiger partial charge in [-0.3, -0.25) is 4.98 Å². The zero-order chi connectivity index (χ0) is 15.6. The fourth-order valence-electron chi connectivity index (χ4n) is 2.22. The van der Waals surface area contributed by atoms with Crippen LogP contribution in [-0.2, 0) is 22.0 Å². The van der Waals surface area contributed by atoms with Crippen LogP contribution in [0.2, 0.25) is 0 Å². The van der Waals surface area contributed by atoms with E-state index in [0.717, 1.165) is 19.3 Å². The lowest BCUT2D eigenvalue weighted by atomic mass is 9.77. The summed E-state index contributed by atoms with van der Waals surface area (Å²) in [5, 5.41) is 3.88. The molecule has 8 nitrogen and oxygen atoms in total. The number of nitrogens with two attached hydrogens (primary N) is 1. The van der Waals surface area contributed by atoms with Crippen LogP contribution in [0.3, 0.4) is 0 Å². The largest absolute Gasteiger partial charge is 0.339 e. The fourth-order valence-corrected chi connectivity index (χ4v) is 3.22. The maximum Gasteiger partial charge on any atom is 0.242 e. The SMILES string of the molecule is Cl.NC1(c2noc(CCNS(=O)(=O)c3cccnc3)n2)CCC1. The summed E-state index contributed by atoms with van der Waals surface area (Å²) in [5.41, 5.74) is 5.63. The summed E-state index contributed by atoms with van der Waals surface area (Å²) < 4.78 is 31.6. The summed E-state index contributed by atoms with van der Waals surface area (Å²) in [7, 11) is -3.57. The molecule has 3 N–H and O–H groups in total. The maximum atomic E-state index is 12.0. The highest BCUT2D eigenvalue weighted by atomic mass is 35.5. The van der Waals surface area contributed by atoms with Crippen molar-refractivity contribution in [3.63, 3.8) is 0 Å². The molecule has 10 heteroatoms. The van der Waals surface area contributed by atoms with Gasteiger partial charge in [0.2, 0.25) is 15.9 Å². The van der Waals surface area contributed by atoms with Crippen LogP contribution in [0.5, 0.6) is 0 Å². The lowest BCUT2D eigenvalue weighted by molar-refractivity contribution is 0.229. The Labute approximate surface area is 140 Å². The van der Waals surface area contributed by atoms with Gasteiger partial charge in [-0.05, 0) is 31.4 Å². The maximum absolute atomic E-state index is 12.0. The van der Waals surface area contributed by atoms with Gasteiger partial charge >= 0.3 is 0 Å². The third kappa shape index (κ3) is 3.86. The van der Waals surface area contributed by atoms with Gasteiger partial charge in [0.05, 0.1) is 5.54 Å². The van der Waals surface area contributed by atoms with Crippen molar-refractivity contribution in [2.24, 2.45) is 5.73 Å². The molecule has 0 bridgehead atoms. The van der Waals surface area contributed by atoms with Crippen molar-refractivity contribution in [2.45, 2.75) is 36.1 Å². The molecule has 1 aliphatic carbocycles. The Kier molecular flexibility index (Phi) is 5.35. The molecule has 2 aromatic heterocycles. The quantitative estimate of drug-likeness (QED) is 0.779. The number of hydrogen-bond acceptors (Lipinski definition) is 7. The third-order valence-corrected chi connectivity index (χ3v) is 5.18. The van der Waals surface area contributed by atoms with Gasteiger partial charge in [-0.25, -0.2) is 13.1 Å². The lowest BCUT2D eigenvalue weighted by Gasteiger charge is -2.34. The van der Waals surface area contributed by atoms with Gasteiger partial charge in [0.1, 0.15) is 4.90 Å². The lowest BCUT2D eigenvalue weighted by Crippen LogP contribution is -2.44. The molecule has 1 saturated carbocycles. The molecule has 23 heavy (non-hydrogen) atoms. The summed E-state index contributed by atoms with van der Waals surface area (Å²) in [6.45, 7) is 0.163. The van der Waals surface area contributed by atoms with E-state index >= 15 is 0 Å². The summed E-state index contributed by atoms with van der Waals surface area (Å²) in [5.74, 6) is 0.879. The van der Waals surface area contributed by atoms with Crippen LogP contribution in [0.1, 0.15) is 31.0 Å². The Morgan fingerprint density at radius 3 is 2.78 bits per heavy atom. The summed E-state index contributed by atoms with van der Waals surface area (Å²) in [6, 6.07) is 3.05. The first-order chi connectivity index (χ1) is 10.5. The van der Waals surface area contributed by atoms with Gasteiger partial charge in [0, 0.05) is 25.4 Å². The summed E-state index contributed by atoms with van der Waals surface area (Å²) in [4.78, 5) is 8.16. The second-order valence-electron chi connectivity index (χ2n) is 5.36. The van der Waals surface area contributed by atoms with Crippen molar-refractivity contribution in [2.75, 3.05) is 6.54 Å². The highest BCUT2D eigenvalue weighted by molar-refractivity contribution is 7.89. The zero-order valence-electron chi connectivity index (χ0n) is 12.3. The smallest absolute Gasteiger partial charge is 0.242 e. The number of sulfonamides is 1. The molecule has 3 rings (SSSR count). The Morgan fingerprint density at radius 1 is 1.39 bits per heavy atom. The molecular weight excluding hydrogens is 342 g/mol. The second kappa shape index (κ2) is 6.91. The first-order valence-corrected chi connectivity index (χ1v) is 8.50. The predicted octanol–water partition coefficient (Wildman–Crippen LogP) is 0.745. The minimum atomic E-state index is -3.57. The van der Waals surface area contributed by atoms with Crippen molar-refractivity contribution < 1.29 is 12.9 Å². The molecule has 0 unspecified atom stereocenters. The van der Waals surface area contributed by atoms with Crippen LogP contribution >= 0.6 is 12.4 Å². The van der Waals surface area contributed by atoms with E-state index in [1.54, 1.807) is 6.07 Å². The van der Waals surface area contributed by atoms with Crippen molar-refractivity contribution in [3.05, 3.63) is 36.2 Å². The normalized spacial score (nSPS) is 16.4. The molecule has 0 atom stereocenters. The Hall–Kier alpha value is -1.55. The van der Waals surface area contributed by atoms with Gasteiger partial charge in [0.25, 0.3) is 0 Å². The second-order valence-corrected chi connectivity index (χ2v) is 7.12. The topological polar surface area (TPSA) is 124 Å². The fraction of sp³-hybridized carbons (Fsp3) is 0.462. The standard InChI is InChI=1S/C13H17N5O3S.ClH/c14-13(5-2-6-13)12-17-11(21-18-12)4-8-16-22(19,20)10-3-1-7-15-9-10;/h1,3,7,9,16H,2,4-6,8,14H2;1H. The van der Waals surface area contributed by atoms with Crippen LogP contribution in [0.25, 0.3) is 0 Å². The van der Waals surface area contributed by atoms with E-state index in [4.69, 9.17) is 10.3 Å². The van der Waals surface area contributed by atoms with Crippen LogP contribution in [0.15, 0.2) is 33.9 Å². The molecule has 0 saturated heterocycles. The van der Waals surface area contributed by atoms with Crippen LogP contribution < -0.4 is 10.5 Å². The molecule has 0 aromatic carbocycles. The van der Waals surface area contributed by atoms with Crippen molar-refractivity contribution in [1.82, 2.24) is 19.8 Å². The van der Waals surface area contributed by atoms with E-state index < -0.39 is 15.6 Å². The van der Waals surface area contributed by atoms with Crippen LogP contribution in [0, 0.1) is 0 Å². The average Bonchev–Trinajstić information content (AvgIpc) is 2.95. The molecule has 1 fully saturated rings. The van der Waals surface area contributed by atoms with Crippen molar-refractivity contribution >= 4 is 22.4 Å². The number of nitrogens with zero attached hydrogens (tertiary/aromatic N) is 3. The van der Waals surface area contributed by atoms with Gasteiger partial charge in [-0.2, -0.15) is 4.98 Å². The first kappa shape index (κ1) is 17.8. The molecule has 0 spiro atoms. The summed E-state index contributed by atoms with van der Waals surface area (Å²) in [6.07, 6.45) is 5.87. The minimum Gasteiger partial charge on any atom is -0.339 e. The predicted molar refractivity (Wildman–Crippen MR) is 84.4 cm³/mol. The average molecular weight is 360 g/mol. The summed E-state index contributed by atoms with van der Waals surface area (Å²) >= 11 is 0. The Balaban J connectivity index is 0.00000192. The van der Waals surface area contributed by atoms with E-state index in [-0.39, 0.29) is 23.8 Å². The highest BCUT2D eigenvalue weighted by Crippen LogP contribution is 2.36. The van der Waals surface area contributed by atoms with E-state index in [0.29, 0.717) is 18.1 Å². The molecule has 1 aliphatic rings. The van der Waals surface area contributed by atoms with E-state index in [1.807, 2.05) is 0 Å². The van der Waals surface area contributed by atoms with Gasteiger partial charge in [0.15, 0.2) is 5.82 Å². The molecule has 0 aliphatic heterocycles. The van der Waals surface area contributed by atoms with Crippen molar-refractivity contribution in [3.8, 4) is 0 Å². The molecule has 0 amide bonds. The van der Waals surface area contributed by atoms with Crippen molar-refractivity contribution in [1.29, 1.82) is 0 Å². The molecular formula is C13H18ClN5O3S. The Bertz CT molecular complexity index is 746. The molecule has 2 aromatic rings. The van der Waals surface area contributed by atoms with Gasteiger partial charge < -0.3 is 10.3 Å². The number of nitrogens with one attached hydrogen (secondary N) is 1. The van der Waals surface area contributed by atoms with E-state index in [1.165, 1.54) is 18.5 Å². The molecule has 0 radical (unpaired) electrons. The van der Waals surface area contributed by atoms with E-state index in [9.17, 15) is 8.42 Å². The third-order valence-electron chi connectivity index (χ3n) is 3.73. The number of pyridine rings is 1. The zero-order valence-corrected chi connectivity index (χ0v) is 13.9. The molecule has 2 heterocycles. The Morgan fingerprint density at radius 2 is 2.17 bits per heavy atom. The van der Waals surface area contributed by atoms with Crippen LogP contribution in [0.4, 0.5) is 0 Å². The first-order valence-electron chi connectivity index (χ1n) is 7.01. The molecule has 126 valence electrons. The number of halogens is 1.